The van der Waals surface area contributed by atoms with Crippen molar-refractivity contribution in [2.24, 2.45) is 17.8 Å². The predicted molar refractivity (Wildman–Crippen MR) is 418 cm³/mol. The van der Waals surface area contributed by atoms with E-state index in [1.807, 2.05) is 0 Å². The monoisotopic (exact) mass is 1490 g/mol. The minimum absolute atomic E-state index is 0.0839. The standard InChI is InChI=1S/C83H158O17P2/c1-8-9-10-11-12-13-14-15-20-28-33-38-43-52-59-67-83(88)100-79(71-94-81(86)65-58-51-46-45-49-56-63-76(6)7)73-98-102(91,92)96-69-77(84)68-95-101(89,90)97-72-78(70-93-80(85)64-57-50-42-37-32-27-24-23-26-31-36-41-48-55-62-75(4)5)99-82(87)66-60-53-44-39-34-29-22-19-17-16-18-21-25-30-35-40-47-54-61-74(2)3/h13-15,20,74-79,84H,8-12,16-19,21-73H2,1-7H3,(H,89,90)(H,91,92)/b14-13-,20-15-/t77-,78-,79-/m1/s1. The molecule has 0 fully saturated rings. The van der Waals surface area contributed by atoms with Gasteiger partial charge in [-0.05, 0) is 69.1 Å². The maximum atomic E-state index is 13.1. The van der Waals surface area contributed by atoms with Gasteiger partial charge in [0.05, 0.1) is 26.4 Å². The van der Waals surface area contributed by atoms with Crippen LogP contribution in [0.25, 0.3) is 0 Å². The van der Waals surface area contributed by atoms with Crippen LogP contribution in [0.2, 0.25) is 0 Å². The smallest absolute Gasteiger partial charge is 0.462 e. The summed E-state index contributed by atoms with van der Waals surface area (Å²) in [7, 11) is -9.93. The van der Waals surface area contributed by atoms with Gasteiger partial charge in [0.15, 0.2) is 12.2 Å². The number of unbranched alkanes of at least 4 members (excludes halogenated alkanes) is 44. The van der Waals surface area contributed by atoms with Gasteiger partial charge in [-0.25, -0.2) is 9.13 Å². The SMILES string of the molecule is CCCCCC/C=C\C=C/CCCCCCCC(=O)O[C@H](COC(=O)CCCCCCCCC(C)C)COP(=O)(O)OC[C@H](O)COP(=O)(O)OC[C@@H](COC(=O)CCCCCCCCCCCCCCCCC(C)C)OC(=O)CCCCCCCCCCCCCCCCCCCCC(C)C. The summed E-state index contributed by atoms with van der Waals surface area (Å²) in [6.07, 6.45) is 64.9. The second-order valence-corrected chi connectivity index (χ2v) is 33.5. The molecule has 0 radical (unpaired) electrons. The Hall–Kier alpha value is -2.46. The molecule has 19 heteroatoms. The molecule has 0 aromatic heterocycles. The van der Waals surface area contributed by atoms with Crippen LogP contribution in [0.3, 0.4) is 0 Å². The van der Waals surface area contributed by atoms with Gasteiger partial charge < -0.3 is 33.8 Å². The second-order valence-electron chi connectivity index (χ2n) is 30.6. The summed E-state index contributed by atoms with van der Waals surface area (Å²) >= 11 is 0. The topological polar surface area (TPSA) is 237 Å². The summed E-state index contributed by atoms with van der Waals surface area (Å²) in [4.78, 5) is 73.0. The molecule has 0 aliphatic rings. The molecule has 0 bridgehead atoms. The molecular formula is C83H158O17P2. The van der Waals surface area contributed by atoms with Crippen molar-refractivity contribution in [2.75, 3.05) is 39.6 Å². The molecule has 2 unspecified atom stereocenters. The fourth-order valence-corrected chi connectivity index (χ4v) is 13.9. The predicted octanol–water partition coefficient (Wildman–Crippen LogP) is 24.5. The second kappa shape index (κ2) is 72.7. The molecule has 0 aromatic carbocycles. The van der Waals surface area contributed by atoms with Crippen molar-refractivity contribution >= 4 is 39.5 Å². The molecule has 0 aliphatic carbocycles. The van der Waals surface area contributed by atoms with Gasteiger partial charge in [0, 0.05) is 25.7 Å². The maximum Gasteiger partial charge on any atom is 0.472 e. The number of hydrogen-bond donors (Lipinski definition) is 3. The van der Waals surface area contributed by atoms with Crippen molar-refractivity contribution in [3.63, 3.8) is 0 Å². The summed E-state index contributed by atoms with van der Waals surface area (Å²) in [6.45, 7) is 11.9. The van der Waals surface area contributed by atoms with Crippen molar-refractivity contribution in [1.82, 2.24) is 0 Å². The lowest BCUT2D eigenvalue weighted by Crippen LogP contribution is -2.30. The van der Waals surface area contributed by atoms with Gasteiger partial charge in [-0.15, -0.1) is 0 Å². The third-order valence-corrected chi connectivity index (χ3v) is 20.7. The zero-order valence-electron chi connectivity index (χ0n) is 66.6. The highest BCUT2D eigenvalue weighted by Gasteiger charge is 2.30. The fourth-order valence-electron chi connectivity index (χ4n) is 12.3. The van der Waals surface area contributed by atoms with Crippen molar-refractivity contribution in [2.45, 2.75) is 426 Å². The molecule has 0 heterocycles. The molecule has 0 saturated heterocycles. The molecule has 102 heavy (non-hydrogen) atoms. The normalized spacial score (nSPS) is 14.1. The molecule has 17 nitrogen and oxygen atoms in total. The van der Waals surface area contributed by atoms with Crippen LogP contribution in [0.15, 0.2) is 24.3 Å². The Morgan fingerprint density at radius 2 is 0.529 bits per heavy atom. The van der Waals surface area contributed by atoms with Gasteiger partial charge >= 0.3 is 39.5 Å². The van der Waals surface area contributed by atoms with E-state index in [0.29, 0.717) is 31.6 Å². The first kappa shape index (κ1) is 99.5. The number of aliphatic hydroxyl groups is 1. The van der Waals surface area contributed by atoms with Crippen molar-refractivity contribution in [1.29, 1.82) is 0 Å². The average Bonchev–Trinajstić information content (AvgIpc) is 0.908. The summed E-state index contributed by atoms with van der Waals surface area (Å²) in [6, 6.07) is 0. The summed E-state index contributed by atoms with van der Waals surface area (Å²) in [5.41, 5.74) is 0. The van der Waals surface area contributed by atoms with Crippen LogP contribution in [0.1, 0.15) is 408 Å². The number of phosphoric acid groups is 2. The molecule has 0 saturated carbocycles. The van der Waals surface area contributed by atoms with E-state index in [-0.39, 0.29) is 25.7 Å². The number of carbonyl (C=O) groups excluding carboxylic acids is 4. The molecule has 0 amide bonds. The number of esters is 4. The Morgan fingerprint density at radius 1 is 0.304 bits per heavy atom. The first-order chi connectivity index (χ1) is 49.2. The highest BCUT2D eigenvalue weighted by molar-refractivity contribution is 7.47. The fraction of sp³-hybridized carbons (Fsp3) is 0.904. The molecule has 0 aromatic rings. The first-order valence-corrected chi connectivity index (χ1v) is 45.2. The Bertz CT molecular complexity index is 2070. The van der Waals surface area contributed by atoms with Crippen molar-refractivity contribution in [3.8, 4) is 0 Å². The number of aliphatic hydroxyl groups excluding tert-OH is 1. The number of ether oxygens (including phenoxy) is 4. The van der Waals surface area contributed by atoms with Gasteiger partial charge in [0.1, 0.15) is 19.3 Å². The Kier molecular flexibility index (Phi) is 71.0. The summed E-state index contributed by atoms with van der Waals surface area (Å²) in [5, 5.41) is 10.6. The number of rotatable bonds is 79. The number of hydrogen-bond acceptors (Lipinski definition) is 15. The van der Waals surface area contributed by atoms with E-state index in [1.165, 1.54) is 199 Å². The molecule has 0 rings (SSSR count). The molecule has 3 N–H and O–H groups in total. The molecular weight excluding hydrogens is 1330 g/mol. The number of carbonyl (C=O) groups is 4. The van der Waals surface area contributed by atoms with Gasteiger partial charge in [-0.2, -0.15) is 0 Å². The zero-order valence-corrected chi connectivity index (χ0v) is 68.4. The first-order valence-electron chi connectivity index (χ1n) is 42.2. The van der Waals surface area contributed by atoms with Crippen LogP contribution in [0.5, 0.6) is 0 Å². The van der Waals surface area contributed by atoms with Crippen LogP contribution < -0.4 is 0 Å². The van der Waals surface area contributed by atoms with E-state index in [2.05, 4.69) is 72.8 Å². The highest BCUT2D eigenvalue weighted by Crippen LogP contribution is 2.45. The average molecular weight is 1490 g/mol. The Morgan fingerprint density at radius 3 is 0.794 bits per heavy atom. The lowest BCUT2D eigenvalue weighted by atomic mass is 10.0. The third-order valence-electron chi connectivity index (χ3n) is 18.8. The molecule has 602 valence electrons. The summed E-state index contributed by atoms with van der Waals surface area (Å²) < 4.78 is 68.7. The van der Waals surface area contributed by atoms with E-state index in [1.54, 1.807) is 0 Å². The van der Waals surface area contributed by atoms with Gasteiger partial charge in [-0.3, -0.25) is 37.3 Å². The molecule has 0 aliphatic heterocycles. The van der Waals surface area contributed by atoms with Crippen LogP contribution in [-0.2, 0) is 65.4 Å². The van der Waals surface area contributed by atoms with Crippen molar-refractivity contribution < 1.29 is 80.2 Å². The van der Waals surface area contributed by atoms with E-state index < -0.39 is 97.5 Å². The molecule has 0 spiro atoms. The largest absolute Gasteiger partial charge is 0.472 e. The van der Waals surface area contributed by atoms with Gasteiger partial charge in [-0.1, -0.05) is 355 Å². The van der Waals surface area contributed by atoms with Gasteiger partial charge in [0.2, 0.25) is 0 Å². The van der Waals surface area contributed by atoms with Crippen LogP contribution in [0, 0.1) is 17.8 Å². The van der Waals surface area contributed by atoms with Crippen molar-refractivity contribution in [3.05, 3.63) is 24.3 Å². The summed E-state index contributed by atoms with van der Waals surface area (Å²) in [5.74, 6) is 0.151. The van der Waals surface area contributed by atoms with Crippen LogP contribution in [-0.4, -0.2) is 96.7 Å². The van der Waals surface area contributed by atoms with E-state index in [4.69, 9.17) is 37.0 Å². The van der Waals surface area contributed by atoms with Crippen LogP contribution in [0.4, 0.5) is 0 Å². The Balaban J connectivity index is 5.24. The van der Waals surface area contributed by atoms with Gasteiger partial charge in [0.25, 0.3) is 0 Å². The minimum Gasteiger partial charge on any atom is -0.462 e. The maximum absolute atomic E-state index is 13.1. The zero-order chi connectivity index (χ0) is 75.1. The number of allylic oxidation sites excluding steroid dienone is 4. The minimum atomic E-state index is -4.97. The van der Waals surface area contributed by atoms with Crippen LogP contribution >= 0.6 is 15.6 Å². The molecule has 5 atom stereocenters. The number of phosphoric ester groups is 2. The lowest BCUT2D eigenvalue weighted by molar-refractivity contribution is -0.161. The lowest BCUT2D eigenvalue weighted by Gasteiger charge is -2.21. The van der Waals surface area contributed by atoms with E-state index in [9.17, 15) is 43.2 Å². The highest BCUT2D eigenvalue weighted by atomic mass is 31.2. The Labute approximate surface area is 624 Å². The third kappa shape index (κ3) is 75.8. The van der Waals surface area contributed by atoms with E-state index >= 15 is 0 Å². The van der Waals surface area contributed by atoms with E-state index in [0.717, 1.165) is 121 Å². The quantitative estimate of drug-likeness (QED) is 0.0169.